The van der Waals surface area contributed by atoms with Crippen LogP contribution < -0.4 is 10.6 Å². The molecule has 6 rings (SSSR count). The Hall–Kier alpha value is -1.16. The number of carbonyl (C=O) groups is 1. The van der Waals surface area contributed by atoms with Crippen LogP contribution in [-0.4, -0.2) is 23.7 Å². The number of nitrogens with one attached hydrogen (secondary N) is 2. The molecule has 23 heavy (non-hydrogen) atoms. The summed E-state index contributed by atoms with van der Waals surface area (Å²) in [6, 6.07) is 6.13. The minimum Gasteiger partial charge on any atom is -0.383 e. The van der Waals surface area contributed by atoms with E-state index >= 15 is 0 Å². The molecule has 4 aliphatic carbocycles. The molecule has 0 atom stereocenters. The van der Waals surface area contributed by atoms with E-state index in [9.17, 15) is 4.79 Å². The average molecular weight is 328 g/mol. The van der Waals surface area contributed by atoms with Crippen LogP contribution in [0.5, 0.6) is 0 Å². The van der Waals surface area contributed by atoms with E-state index in [2.05, 4.69) is 16.7 Å². The second-order valence-electron chi connectivity index (χ2n) is 8.14. The zero-order valence-electron chi connectivity index (χ0n) is 13.4. The van der Waals surface area contributed by atoms with E-state index in [0.29, 0.717) is 0 Å². The van der Waals surface area contributed by atoms with E-state index in [-0.39, 0.29) is 11.4 Å². The number of hydrogen-bond donors (Lipinski definition) is 2. The number of fused-ring (bicyclic) bond motifs is 1. The van der Waals surface area contributed by atoms with Crippen LogP contribution in [0.1, 0.15) is 48.9 Å². The lowest BCUT2D eigenvalue weighted by Crippen LogP contribution is -2.59. The molecule has 1 aromatic rings. The van der Waals surface area contributed by atoms with E-state index in [1.54, 1.807) is 0 Å². The molecular weight excluding hydrogens is 304 g/mol. The van der Waals surface area contributed by atoms with E-state index in [1.165, 1.54) is 43.4 Å². The summed E-state index contributed by atoms with van der Waals surface area (Å²) in [7, 11) is 0. The Kier molecular flexibility index (Phi) is 3.19. The summed E-state index contributed by atoms with van der Waals surface area (Å²) < 4.78 is 0. The number of rotatable bonds is 2. The van der Waals surface area contributed by atoms with Gasteiger partial charge in [0.15, 0.2) is 0 Å². The van der Waals surface area contributed by atoms with Gasteiger partial charge in [-0.25, -0.2) is 0 Å². The van der Waals surface area contributed by atoms with E-state index in [1.807, 2.05) is 23.9 Å². The highest BCUT2D eigenvalue weighted by Crippen LogP contribution is 2.55. The molecule has 4 fully saturated rings. The van der Waals surface area contributed by atoms with Gasteiger partial charge in [-0.15, -0.1) is 11.8 Å². The maximum absolute atomic E-state index is 12.9. The second-order valence-corrected chi connectivity index (χ2v) is 9.27. The third kappa shape index (κ3) is 2.46. The van der Waals surface area contributed by atoms with Gasteiger partial charge >= 0.3 is 0 Å². The molecule has 5 aliphatic rings. The smallest absolute Gasteiger partial charge is 0.251 e. The molecule has 0 saturated heterocycles. The van der Waals surface area contributed by atoms with Gasteiger partial charge < -0.3 is 10.6 Å². The van der Waals surface area contributed by atoms with Crippen molar-refractivity contribution in [2.75, 3.05) is 17.6 Å². The van der Waals surface area contributed by atoms with Crippen LogP contribution >= 0.6 is 11.8 Å². The quantitative estimate of drug-likeness (QED) is 0.865. The fraction of sp³-hybridized carbons (Fsp3) is 0.632. The first-order valence-corrected chi connectivity index (χ1v) is 10.0. The van der Waals surface area contributed by atoms with Crippen molar-refractivity contribution in [2.45, 2.75) is 49.0 Å². The van der Waals surface area contributed by atoms with E-state index < -0.39 is 0 Å². The zero-order chi connectivity index (χ0) is 15.4. The summed E-state index contributed by atoms with van der Waals surface area (Å²) in [5, 5.41) is 6.89. The molecular formula is C19H24N2OS. The number of benzene rings is 1. The number of carbonyl (C=O) groups excluding carboxylic acids is 1. The number of thioether (sulfide) groups is 1. The highest BCUT2D eigenvalue weighted by molar-refractivity contribution is 7.99. The minimum absolute atomic E-state index is 0.101. The Morgan fingerprint density at radius 2 is 1.83 bits per heavy atom. The van der Waals surface area contributed by atoms with Gasteiger partial charge in [-0.2, -0.15) is 0 Å². The van der Waals surface area contributed by atoms with Crippen LogP contribution in [0.25, 0.3) is 0 Å². The first-order valence-electron chi connectivity index (χ1n) is 9.02. The molecule has 122 valence electrons. The molecule has 0 unspecified atom stereocenters. The lowest BCUT2D eigenvalue weighted by Gasteiger charge is -2.56. The highest BCUT2D eigenvalue weighted by atomic mass is 32.2. The lowest BCUT2D eigenvalue weighted by molar-refractivity contribution is -0.0167. The number of hydrogen-bond acceptors (Lipinski definition) is 3. The van der Waals surface area contributed by atoms with Crippen LogP contribution in [0.3, 0.4) is 0 Å². The van der Waals surface area contributed by atoms with Gasteiger partial charge in [-0.1, -0.05) is 0 Å². The number of anilines is 1. The minimum atomic E-state index is 0.101. The first-order chi connectivity index (χ1) is 11.2. The van der Waals surface area contributed by atoms with Gasteiger partial charge in [0, 0.05) is 34.0 Å². The second kappa shape index (κ2) is 5.17. The Morgan fingerprint density at radius 1 is 1.13 bits per heavy atom. The van der Waals surface area contributed by atoms with Gasteiger partial charge in [0.1, 0.15) is 0 Å². The molecule has 4 heteroatoms. The highest BCUT2D eigenvalue weighted by Gasteiger charge is 2.51. The van der Waals surface area contributed by atoms with Gasteiger partial charge in [-0.05, 0) is 74.5 Å². The standard InChI is InChI=1S/C19H24N2OS/c22-18(15-1-2-17-16(8-15)20-3-4-23-17)21-19-9-12-5-13(10-19)7-14(6-12)11-19/h1-2,8,12-14,20H,3-7,9-11H2,(H,21,22). The fourth-order valence-electron chi connectivity index (χ4n) is 5.86. The molecule has 1 amide bonds. The molecule has 0 aromatic heterocycles. The molecule has 1 heterocycles. The van der Waals surface area contributed by atoms with Crippen molar-refractivity contribution in [3.63, 3.8) is 0 Å². The van der Waals surface area contributed by atoms with E-state index in [4.69, 9.17) is 0 Å². The molecule has 0 spiro atoms. The largest absolute Gasteiger partial charge is 0.383 e. The molecule has 3 nitrogen and oxygen atoms in total. The average Bonchev–Trinajstić information content (AvgIpc) is 2.52. The van der Waals surface area contributed by atoms with Crippen molar-refractivity contribution in [3.05, 3.63) is 23.8 Å². The summed E-state index contributed by atoms with van der Waals surface area (Å²) in [4.78, 5) is 14.1. The van der Waals surface area contributed by atoms with Gasteiger partial charge in [0.2, 0.25) is 0 Å². The fourth-order valence-corrected chi connectivity index (χ4v) is 6.73. The van der Waals surface area contributed by atoms with Crippen LogP contribution in [0.4, 0.5) is 5.69 Å². The Morgan fingerprint density at radius 3 is 2.52 bits per heavy atom. The molecule has 4 saturated carbocycles. The van der Waals surface area contributed by atoms with Crippen molar-refractivity contribution in [1.82, 2.24) is 5.32 Å². The number of amides is 1. The van der Waals surface area contributed by atoms with Gasteiger partial charge in [0.25, 0.3) is 5.91 Å². The maximum atomic E-state index is 12.9. The van der Waals surface area contributed by atoms with Crippen molar-refractivity contribution < 1.29 is 4.79 Å². The molecule has 4 bridgehead atoms. The van der Waals surface area contributed by atoms with Crippen molar-refractivity contribution >= 4 is 23.4 Å². The summed E-state index contributed by atoms with van der Waals surface area (Å²) in [6.07, 6.45) is 7.87. The topological polar surface area (TPSA) is 41.1 Å². The normalized spacial score (nSPS) is 37.1. The van der Waals surface area contributed by atoms with Gasteiger partial charge in [-0.3, -0.25) is 4.79 Å². The van der Waals surface area contributed by atoms with E-state index in [0.717, 1.165) is 41.3 Å². The van der Waals surface area contributed by atoms with Crippen molar-refractivity contribution in [3.8, 4) is 0 Å². The van der Waals surface area contributed by atoms with Crippen LogP contribution in [-0.2, 0) is 0 Å². The Labute approximate surface area is 142 Å². The predicted octanol–water partition coefficient (Wildman–Crippen LogP) is 3.90. The van der Waals surface area contributed by atoms with Gasteiger partial charge in [0.05, 0.1) is 0 Å². The Bertz CT molecular complexity index is 621. The maximum Gasteiger partial charge on any atom is 0.251 e. The summed E-state index contributed by atoms with van der Waals surface area (Å²) >= 11 is 1.87. The Balaban J connectivity index is 1.37. The SMILES string of the molecule is O=C(NC12CC3CC(CC(C3)C1)C2)c1ccc2c(c1)NCCS2. The molecule has 1 aliphatic heterocycles. The van der Waals surface area contributed by atoms with Crippen LogP contribution in [0.2, 0.25) is 0 Å². The summed E-state index contributed by atoms with van der Waals surface area (Å²) in [6.45, 7) is 0.984. The zero-order valence-corrected chi connectivity index (χ0v) is 14.3. The summed E-state index contributed by atoms with van der Waals surface area (Å²) in [5.74, 6) is 3.83. The monoisotopic (exact) mass is 328 g/mol. The molecule has 2 N–H and O–H groups in total. The van der Waals surface area contributed by atoms with Crippen LogP contribution in [0, 0.1) is 17.8 Å². The molecule has 0 radical (unpaired) electrons. The van der Waals surface area contributed by atoms with Crippen LogP contribution in [0.15, 0.2) is 23.1 Å². The third-order valence-electron chi connectivity index (χ3n) is 6.33. The molecule has 1 aromatic carbocycles. The lowest BCUT2D eigenvalue weighted by atomic mass is 9.53. The van der Waals surface area contributed by atoms with Crippen molar-refractivity contribution in [2.24, 2.45) is 17.8 Å². The third-order valence-corrected chi connectivity index (χ3v) is 7.41. The van der Waals surface area contributed by atoms with Crippen molar-refractivity contribution in [1.29, 1.82) is 0 Å². The predicted molar refractivity (Wildman–Crippen MR) is 94.0 cm³/mol. The summed E-state index contributed by atoms with van der Waals surface area (Å²) in [5.41, 5.74) is 2.04. The first kappa shape index (κ1) is 14.2.